The summed E-state index contributed by atoms with van der Waals surface area (Å²) in [6.07, 6.45) is 10.9. The van der Waals surface area contributed by atoms with E-state index in [-0.39, 0.29) is 36.0 Å². The fraction of sp³-hybridized carbons (Fsp3) is 0.913. The zero-order valence-electron chi connectivity index (χ0n) is 18.9. The number of carbonyl (C=O) groups is 2. The highest BCUT2D eigenvalue weighted by atomic mass is 16.5. The van der Waals surface area contributed by atoms with Crippen LogP contribution in [0.25, 0.3) is 0 Å². The Kier molecular flexibility index (Phi) is 7.32. The lowest BCUT2D eigenvalue weighted by Crippen LogP contribution is -2.53. The van der Waals surface area contributed by atoms with Gasteiger partial charge in [-0.1, -0.05) is 19.3 Å². The van der Waals surface area contributed by atoms with Crippen LogP contribution in [0, 0.1) is 0 Å². The number of hydrogen-bond donors (Lipinski definition) is 1. The molecule has 30 heavy (non-hydrogen) atoms. The predicted molar refractivity (Wildman–Crippen MR) is 116 cm³/mol. The van der Waals surface area contributed by atoms with Gasteiger partial charge in [0.25, 0.3) is 0 Å². The minimum Gasteiger partial charge on any atom is -0.383 e. The van der Waals surface area contributed by atoms with Gasteiger partial charge in [-0.3, -0.25) is 19.4 Å². The van der Waals surface area contributed by atoms with E-state index < -0.39 is 0 Å². The molecule has 1 N–H and O–H groups in total. The van der Waals surface area contributed by atoms with Crippen LogP contribution in [0.5, 0.6) is 0 Å². The number of nitrogens with one attached hydrogen (secondary N) is 1. The highest BCUT2D eigenvalue weighted by molar-refractivity contribution is 5.83. The second kappa shape index (κ2) is 9.96. The molecule has 3 aliphatic heterocycles. The Morgan fingerprint density at radius 2 is 1.87 bits per heavy atom. The summed E-state index contributed by atoms with van der Waals surface area (Å²) in [5, 5.41) is 3.22. The van der Waals surface area contributed by atoms with Crippen LogP contribution in [0.3, 0.4) is 0 Å². The number of fused-ring (bicyclic) bond motifs is 1. The minimum absolute atomic E-state index is 0.0246. The minimum atomic E-state index is -0.0246. The molecule has 170 valence electrons. The van der Waals surface area contributed by atoms with Crippen molar-refractivity contribution < 1.29 is 14.3 Å². The van der Waals surface area contributed by atoms with E-state index in [0.717, 1.165) is 38.8 Å². The van der Waals surface area contributed by atoms with Crippen LogP contribution >= 0.6 is 0 Å². The van der Waals surface area contributed by atoms with E-state index in [1.54, 1.807) is 7.11 Å². The van der Waals surface area contributed by atoms with E-state index in [0.29, 0.717) is 25.6 Å². The van der Waals surface area contributed by atoms with Crippen LogP contribution in [0.1, 0.15) is 64.2 Å². The normalized spacial score (nSPS) is 34.1. The molecule has 4 rings (SSSR count). The summed E-state index contributed by atoms with van der Waals surface area (Å²) in [6.45, 7) is 3.16. The molecule has 7 heteroatoms. The van der Waals surface area contributed by atoms with Gasteiger partial charge in [-0.05, 0) is 45.6 Å². The number of hydrogen-bond acceptors (Lipinski definition) is 5. The summed E-state index contributed by atoms with van der Waals surface area (Å²) >= 11 is 0. The fourth-order valence-electron chi connectivity index (χ4n) is 6.38. The van der Waals surface area contributed by atoms with Gasteiger partial charge in [-0.2, -0.15) is 0 Å². The fourth-order valence-corrected chi connectivity index (χ4v) is 6.38. The molecule has 0 radical (unpaired) electrons. The number of likely N-dealkylation sites (N-methyl/N-ethyl adjacent to an activating group) is 1. The maximum absolute atomic E-state index is 13.0. The summed E-state index contributed by atoms with van der Waals surface area (Å²) in [4.78, 5) is 32.8. The molecule has 7 nitrogen and oxygen atoms in total. The van der Waals surface area contributed by atoms with Gasteiger partial charge in [-0.15, -0.1) is 0 Å². The number of methoxy groups -OCH3 is 1. The van der Waals surface area contributed by atoms with E-state index in [9.17, 15) is 9.59 Å². The first-order valence-electron chi connectivity index (χ1n) is 12.1. The summed E-state index contributed by atoms with van der Waals surface area (Å²) in [5.74, 6) is 0.439. The molecule has 0 aromatic rings. The van der Waals surface area contributed by atoms with Crippen molar-refractivity contribution in [3.8, 4) is 0 Å². The molecule has 4 fully saturated rings. The lowest BCUT2D eigenvalue weighted by atomic mass is 9.93. The van der Waals surface area contributed by atoms with Crippen LogP contribution in [0.2, 0.25) is 0 Å². The smallest absolute Gasteiger partial charge is 0.239 e. The maximum Gasteiger partial charge on any atom is 0.239 e. The standard InChI is InChI=1S/C23H40N4O3/c1-25-18(10-11-21(28)26-13-6-9-19(26)16-30-2)15-24-23(29)22-20(25)12-14-27(22)17-7-4-3-5-8-17/h17-20,22H,3-16H2,1-2H3,(H,24,29). The first-order chi connectivity index (χ1) is 14.6. The van der Waals surface area contributed by atoms with Crippen molar-refractivity contribution in [2.24, 2.45) is 0 Å². The maximum atomic E-state index is 13.0. The van der Waals surface area contributed by atoms with Gasteiger partial charge in [0.05, 0.1) is 12.6 Å². The Bertz CT molecular complexity index is 609. The van der Waals surface area contributed by atoms with Gasteiger partial charge in [0.15, 0.2) is 0 Å². The molecule has 4 atom stereocenters. The average Bonchev–Trinajstić information content (AvgIpc) is 3.39. The molecule has 4 unspecified atom stereocenters. The highest BCUT2D eigenvalue weighted by Crippen LogP contribution is 2.33. The van der Waals surface area contributed by atoms with E-state index in [4.69, 9.17) is 4.74 Å². The van der Waals surface area contributed by atoms with Gasteiger partial charge >= 0.3 is 0 Å². The summed E-state index contributed by atoms with van der Waals surface area (Å²) in [5.41, 5.74) is 0. The molecule has 0 aromatic heterocycles. The van der Waals surface area contributed by atoms with Crippen LogP contribution in [0.4, 0.5) is 0 Å². The zero-order chi connectivity index (χ0) is 21.1. The third kappa shape index (κ3) is 4.53. The first-order valence-corrected chi connectivity index (χ1v) is 12.1. The molecular formula is C23H40N4O3. The number of amides is 2. The second-order valence-corrected chi connectivity index (χ2v) is 9.77. The zero-order valence-corrected chi connectivity index (χ0v) is 18.9. The van der Waals surface area contributed by atoms with E-state index in [1.807, 2.05) is 4.90 Å². The summed E-state index contributed by atoms with van der Waals surface area (Å²) < 4.78 is 5.30. The van der Waals surface area contributed by atoms with Crippen molar-refractivity contribution >= 4 is 11.8 Å². The number of rotatable bonds is 6. The predicted octanol–water partition coefficient (Wildman–Crippen LogP) is 1.61. The van der Waals surface area contributed by atoms with Crippen molar-refractivity contribution in [3.63, 3.8) is 0 Å². The molecule has 1 aliphatic carbocycles. The van der Waals surface area contributed by atoms with Crippen molar-refractivity contribution in [3.05, 3.63) is 0 Å². The quantitative estimate of drug-likeness (QED) is 0.707. The van der Waals surface area contributed by atoms with Crippen LogP contribution < -0.4 is 5.32 Å². The SMILES string of the molecule is COCC1CCCN1C(=O)CCC1CNC(=O)C2C(CCN2C2CCCCC2)N1C. The Hall–Kier alpha value is -1.18. The number of nitrogens with zero attached hydrogens (tertiary/aromatic N) is 3. The van der Waals surface area contributed by atoms with Crippen LogP contribution in [-0.4, -0.2) is 97.1 Å². The third-order valence-electron chi connectivity index (χ3n) is 8.08. The van der Waals surface area contributed by atoms with Crippen molar-refractivity contribution in [2.45, 2.75) is 94.4 Å². The number of likely N-dealkylation sites (tertiary alicyclic amines) is 2. The molecular weight excluding hydrogens is 380 g/mol. The number of ether oxygens (including phenoxy) is 1. The van der Waals surface area contributed by atoms with Gasteiger partial charge in [0, 0.05) is 51.3 Å². The van der Waals surface area contributed by atoms with Gasteiger partial charge in [0.1, 0.15) is 6.04 Å². The molecule has 3 heterocycles. The molecule has 0 bridgehead atoms. The van der Waals surface area contributed by atoms with Crippen molar-refractivity contribution in [1.82, 2.24) is 20.0 Å². The molecule has 4 aliphatic rings. The van der Waals surface area contributed by atoms with Crippen molar-refractivity contribution in [2.75, 3.05) is 40.4 Å². The molecule has 2 amide bonds. The molecule has 0 spiro atoms. The Morgan fingerprint density at radius 1 is 1.07 bits per heavy atom. The third-order valence-corrected chi connectivity index (χ3v) is 8.08. The topological polar surface area (TPSA) is 65.1 Å². The van der Waals surface area contributed by atoms with Crippen LogP contribution in [0.15, 0.2) is 0 Å². The molecule has 3 saturated heterocycles. The summed E-state index contributed by atoms with van der Waals surface area (Å²) in [6, 6.07) is 1.27. The van der Waals surface area contributed by atoms with E-state index >= 15 is 0 Å². The molecule has 0 aromatic carbocycles. The lowest BCUT2D eigenvalue weighted by Gasteiger charge is -2.37. The average molecular weight is 421 g/mol. The van der Waals surface area contributed by atoms with Crippen molar-refractivity contribution in [1.29, 1.82) is 0 Å². The Morgan fingerprint density at radius 3 is 2.63 bits per heavy atom. The number of carbonyl (C=O) groups excluding carboxylic acids is 2. The van der Waals surface area contributed by atoms with Gasteiger partial charge < -0.3 is 15.0 Å². The highest BCUT2D eigenvalue weighted by Gasteiger charge is 2.47. The van der Waals surface area contributed by atoms with E-state index in [2.05, 4.69) is 22.2 Å². The van der Waals surface area contributed by atoms with Gasteiger partial charge in [0.2, 0.25) is 11.8 Å². The monoisotopic (exact) mass is 420 g/mol. The molecule has 1 saturated carbocycles. The van der Waals surface area contributed by atoms with Gasteiger partial charge in [-0.25, -0.2) is 0 Å². The lowest BCUT2D eigenvalue weighted by molar-refractivity contribution is -0.133. The largest absolute Gasteiger partial charge is 0.383 e. The van der Waals surface area contributed by atoms with Crippen LogP contribution in [-0.2, 0) is 14.3 Å². The summed E-state index contributed by atoms with van der Waals surface area (Å²) in [7, 11) is 3.87. The first kappa shape index (κ1) is 22.0. The Labute approximate surface area is 181 Å². The second-order valence-electron chi connectivity index (χ2n) is 9.77. The van der Waals surface area contributed by atoms with E-state index in [1.165, 1.54) is 32.1 Å². The Balaban J connectivity index is 1.36.